The first kappa shape index (κ1) is 13.7. The summed E-state index contributed by atoms with van der Waals surface area (Å²) in [6, 6.07) is 8.39. The molecule has 0 unspecified atom stereocenters. The average Bonchev–Trinajstić information content (AvgIpc) is 2.38. The van der Waals surface area contributed by atoms with Crippen molar-refractivity contribution >= 4 is 27.5 Å². The number of sulfone groups is 1. The van der Waals surface area contributed by atoms with Crippen molar-refractivity contribution in [2.45, 2.75) is 4.90 Å². The number of rotatable bonds is 3. The van der Waals surface area contributed by atoms with Crippen molar-refractivity contribution in [2.24, 2.45) is 0 Å². The second kappa shape index (κ2) is 5.50. The van der Waals surface area contributed by atoms with Crippen LogP contribution in [0.4, 0.5) is 4.39 Å². The molecule has 0 spiro atoms. The Morgan fingerprint density at radius 1 is 1.16 bits per heavy atom. The van der Waals surface area contributed by atoms with E-state index in [9.17, 15) is 12.8 Å². The molecule has 0 radical (unpaired) electrons. The van der Waals surface area contributed by atoms with Crippen molar-refractivity contribution in [3.63, 3.8) is 0 Å². The number of hydrogen-bond donors (Lipinski definition) is 0. The van der Waals surface area contributed by atoms with E-state index in [2.05, 4.69) is 4.98 Å². The smallest absolute Gasteiger partial charge is 0.202 e. The van der Waals surface area contributed by atoms with Gasteiger partial charge in [-0.2, -0.15) is 0 Å². The number of benzene rings is 1. The van der Waals surface area contributed by atoms with Crippen LogP contribution in [0.3, 0.4) is 0 Å². The molecule has 1 heterocycles. The molecular formula is C13H9ClFNO2S. The summed E-state index contributed by atoms with van der Waals surface area (Å²) in [5.74, 6) is -0.792. The van der Waals surface area contributed by atoms with E-state index < -0.39 is 15.7 Å². The Balaban J connectivity index is 2.38. The molecule has 2 rings (SSSR count). The van der Waals surface area contributed by atoms with E-state index in [0.717, 1.165) is 11.5 Å². The first-order valence-electron chi connectivity index (χ1n) is 5.29. The Kier molecular flexibility index (Phi) is 3.97. The Morgan fingerprint density at radius 2 is 1.89 bits per heavy atom. The summed E-state index contributed by atoms with van der Waals surface area (Å²) in [5, 5.41) is 1.21. The monoisotopic (exact) mass is 297 g/mol. The molecule has 0 amide bonds. The van der Waals surface area contributed by atoms with E-state index in [-0.39, 0.29) is 4.90 Å². The number of aromatic nitrogens is 1. The zero-order chi connectivity index (χ0) is 13.9. The molecule has 3 nitrogen and oxygen atoms in total. The van der Waals surface area contributed by atoms with Gasteiger partial charge in [0.2, 0.25) is 9.84 Å². The van der Waals surface area contributed by atoms with Crippen LogP contribution in [-0.4, -0.2) is 13.4 Å². The summed E-state index contributed by atoms with van der Waals surface area (Å²) in [6.07, 6.45) is 2.73. The van der Waals surface area contributed by atoms with Crippen molar-refractivity contribution in [3.05, 3.63) is 64.5 Å². The Hall–Kier alpha value is -1.72. The van der Waals surface area contributed by atoms with Gasteiger partial charge in [-0.1, -0.05) is 23.7 Å². The van der Waals surface area contributed by atoms with Crippen LogP contribution < -0.4 is 0 Å². The normalized spacial score (nSPS) is 11.9. The van der Waals surface area contributed by atoms with Gasteiger partial charge in [-0.25, -0.2) is 12.8 Å². The van der Waals surface area contributed by atoms with Crippen LogP contribution in [0.2, 0.25) is 5.02 Å². The Bertz CT molecular complexity index is 729. The predicted octanol–water partition coefficient (Wildman–Crippen LogP) is 3.32. The summed E-state index contributed by atoms with van der Waals surface area (Å²) in [6.45, 7) is 0. The van der Waals surface area contributed by atoms with Crippen molar-refractivity contribution in [1.29, 1.82) is 0 Å². The number of nitrogens with zero attached hydrogens (tertiary/aromatic N) is 1. The topological polar surface area (TPSA) is 47.0 Å². The van der Waals surface area contributed by atoms with E-state index >= 15 is 0 Å². The summed E-state index contributed by atoms with van der Waals surface area (Å²) >= 11 is 5.85. The zero-order valence-corrected chi connectivity index (χ0v) is 11.2. The second-order valence-electron chi connectivity index (χ2n) is 3.65. The Labute approximate surface area is 115 Å². The van der Waals surface area contributed by atoms with E-state index in [0.29, 0.717) is 10.7 Å². The summed E-state index contributed by atoms with van der Waals surface area (Å²) in [5.41, 5.74) is 0.309. The third-order valence-corrected chi connectivity index (χ3v) is 4.09. The van der Waals surface area contributed by atoms with Gasteiger partial charge in [0.1, 0.15) is 10.7 Å². The molecule has 0 N–H and O–H groups in total. The van der Waals surface area contributed by atoms with Gasteiger partial charge in [-0.3, -0.25) is 4.98 Å². The van der Waals surface area contributed by atoms with Gasteiger partial charge in [-0.15, -0.1) is 0 Å². The quantitative estimate of drug-likeness (QED) is 0.873. The number of hydrogen-bond acceptors (Lipinski definition) is 3. The molecule has 0 saturated carbocycles. The predicted molar refractivity (Wildman–Crippen MR) is 71.9 cm³/mol. The van der Waals surface area contributed by atoms with Crippen LogP contribution in [0, 0.1) is 5.82 Å². The SMILES string of the molecule is O=S(=O)(/C=C/c1ncccc1Cl)c1ccccc1F. The second-order valence-corrected chi connectivity index (χ2v) is 5.86. The lowest BCUT2D eigenvalue weighted by molar-refractivity contribution is 0.572. The Morgan fingerprint density at radius 3 is 2.58 bits per heavy atom. The molecule has 98 valence electrons. The van der Waals surface area contributed by atoms with Crippen LogP contribution >= 0.6 is 11.6 Å². The summed E-state index contributed by atoms with van der Waals surface area (Å²) in [7, 11) is -3.86. The van der Waals surface area contributed by atoms with E-state index in [4.69, 9.17) is 11.6 Å². The molecule has 0 fully saturated rings. The highest BCUT2D eigenvalue weighted by molar-refractivity contribution is 7.94. The van der Waals surface area contributed by atoms with Gasteiger partial charge >= 0.3 is 0 Å². The number of pyridine rings is 1. The molecule has 6 heteroatoms. The van der Waals surface area contributed by atoms with Crippen LogP contribution in [0.1, 0.15) is 5.69 Å². The van der Waals surface area contributed by atoms with Gasteiger partial charge in [0.25, 0.3) is 0 Å². The van der Waals surface area contributed by atoms with Gasteiger partial charge < -0.3 is 0 Å². The van der Waals surface area contributed by atoms with Gasteiger partial charge in [-0.05, 0) is 30.3 Å². The molecule has 2 aromatic rings. The van der Waals surface area contributed by atoms with Crippen molar-refractivity contribution in [2.75, 3.05) is 0 Å². The molecule has 0 aliphatic heterocycles. The molecular weight excluding hydrogens is 289 g/mol. The van der Waals surface area contributed by atoms with Crippen LogP contribution in [0.25, 0.3) is 6.08 Å². The van der Waals surface area contributed by atoms with Crippen LogP contribution in [-0.2, 0) is 9.84 Å². The first-order valence-corrected chi connectivity index (χ1v) is 7.21. The van der Waals surface area contributed by atoms with E-state index in [1.807, 2.05) is 0 Å². The van der Waals surface area contributed by atoms with Gasteiger partial charge in [0.15, 0.2) is 0 Å². The maximum atomic E-state index is 13.4. The molecule has 19 heavy (non-hydrogen) atoms. The molecule has 0 bridgehead atoms. The van der Waals surface area contributed by atoms with Crippen LogP contribution in [0.5, 0.6) is 0 Å². The van der Waals surface area contributed by atoms with Gasteiger partial charge in [0.05, 0.1) is 10.7 Å². The fourth-order valence-corrected chi connectivity index (χ4v) is 2.67. The maximum Gasteiger partial charge on any atom is 0.202 e. The lowest BCUT2D eigenvalue weighted by Gasteiger charge is -2.00. The molecule has 0 saturated heterocycles. The highest BCUT2D eigenvalue weighted by atomic mass is 35.5. The summed E-state index contributed by atoms with van der Waals surface area (Å²) in [4.78, 5) is 3.54. The highest BCUT2D eigenvalue weighted by Gasteiger charge is 2.15. The molecule has 0 aliphatic rings. The standard InChI is InChI=1S/C13H9ClFNO2S/c14-10-4-3-8-16-12(10)7-9-19(17,18)13-6-2-1-5-11(13)15/h1-9H/b9-7+. The first-order chi connectivity index (χ1) is 9.00. The summed E-state index contributed by atoms with van der Waals surface area (Å²) < 4.78 is 37.3. The highest BCUT2D eigenvalue weighted by Crippen LogP contribution is 2.19. The van der Waals surface area contributed by atoms with Crippen molar-refractivity contribution < 1.29 is 12.8 Å². The molecule has 1 aromatic heterocycles. The van der Waals surface area contributed by atoms with E-state index in [1.54, 1.807) is 12.1 Å². The minimum Gasteiger partial charge on any atom is -0.255 e. The zero-order valence-electron chi connectivity index (χ0n) is 9.62. The average molecular weight is 298 g/mol. The molecule has 0 aliphatic carbocycles. The third-order valence-electron chi connectivity index (χ3n) is 2.34. The molecule has 0 atom stereocenters. The fourth-order valence-electron chi connectivity index (χ4n) is 1.42. The van der Waals surface area contributed by atoms with Crippen molar-refractivity contribution in [3.8, 4) is 0 Å². The number of halogens is 2. The minimum absolute atomic E-state index is 0.309. The fraction of sp³-hybridized carbons (Fsp3) is 0. The van der Waals surface area contributed by atoms with E-state index in [1.165, 1.54) is 30.5 Å². The van der Waals surface area contributed by atoms with Gasteiger partial charge in [0, 0.05) is 11.6 Å². The lowest BCUT2D eigenvalue weighted by atomic mass is 10.3. The minimum atomic E-state index is -3.86. The van der Waals surface area contributed by atoms with Crippen LogP contribution in [0.15, 0.2) is 52.9 Å². The lowest BCUT2D eigenvalue weighted by Crippen LogP contribution is -1.99. The third kappa shape index (κ3) is 3.19. The largest absolute Gasteiger partial charge is 0.255 e. The maximum absolute atomic E-state index is 13.4. The molecule has 1 aromatic carbocycles. The van der Waals surface area contributed by atoms with Crippen molar-refractivity contribution in [1.82, 2.24) is 4.98 Å².